The molecule has 2 nitrogen and oxygen atoms in total. The third-order valence-electron chi connectivity index (χ3n) is 1.06. The van der Waals surface area contributed by atoms with E-state index in [0.29, 0.717) is 5.41 Å². The van der Waals surface area contributed by atoms with Gasteiger partial charge in [0.1, 0.15) is 0 Å². The maximum Gasteiger partial charge on any atom is 0.300 e. The molecule has 14 heavy (non-hydrogen) atoms. The van der Waals surface area contributed by atoms with Crippen LogP contribution in [0.2, 0.25) is 0 Å². The molecule has 0 aliphatic heterocycles. The van der Waals surface area contributed by atoms with E-state index in [1.165, 1.54) is 6.42 Å². The molecule has 0 heterocycles. The quantitative estimate of drug-likeness (QED) is 0.629. The molecule has 0 radical (unpaired) electrons. The first-order valence-electron chi connectivity index (χ1n) is 5.49. The molecule has 0 bridgehead atoms. The molecular weight excluding hydrogens is 176 g/mol. The lowest BCUT2D eigenvalue weighted by Gasteiger charge is -2.12. The van der Waals surface area contributed by atoms with Crippen LogP contribution in [0.5, 0.6) is 0 Å². The molecule has 0 saturated heterocycles. The van der Waals surface area contributed by atoms with Crippen molar-refractivity contribution >= 4 is 5.97 Å². The summed E-state index contributed by atoms with van der Waals surface area (Å²) in [6, 6.07) is 0. The van der Waals surface area contributed by atoms with E-state index in [4.69, 9.17) is 9.90 Å². The minimum absolute atomic E-state index is 0.542. The molecule has 0 amide bonds. The number of hydrogen-bond acceptors (Lipinski definition) is 1. The van der Waals surface area contributed by atoms with Crippen LogP contribution in [0.15, 0.2) is 0 Å². The van der Waals surface area contributed by atoms with Crippen molar-refractivity contribution in [3.8, 4) is 0 Å². The number of rotatable bonds is 0. The summed E-state index contributed by atoms with van der Waals surface area (Å²) < 4.78 is 0. The Morgan fingerprint density at radius 1 is 1.07 bits per heavy atom. The van der Waals surface area contributed by atoms with Crippen LogP contribution in [0.1, 0.15) is 68.7 Å². The third kappa shape index (κ3) is 206. The Morgan fingerprint density at radius 2 is 1.14 bits per heavy atom. The zero-order valence-corrected chi connectivity index (χ0v) is 11.6. The highest BCUT2D eigenvalue weighted by molar-refractivity contribution is 5.62. The highest BCUT2D eigenvalue weighted by atomic mass is 16.4. The first-order chi connectivity index (χ1) is 6.29. The van der Waals surface area contributed by atoms with E-state index in [9.17, 15) is 0 Å². The highest BCUT2D eigenvalue weighted by Crippen LogP contribution is 2.16. The van der Waals surface area contributed by atoms with Crippen LogP contribution >= 0.6 is 0 Å². The molecule has 0 aliphatic rings. The van der Waals surface area contributed by atoms with E-state index in [2.05, 4.69) is 27.7 Å². The summed E-state index contributed by atoms with van der Waals surface area (Å²) in [4.78, 5) is 9.00. The number of carboxylic acid groups (broad SMARTS) is 1. The molecule has 0 atom stereocenters. The molecule has 0 fully saturated rings. The number of carbonyl (C=O) groups is 1. The van der Waals surface area contributed by atoms with Crippen LogP contribution in [0.25, 0.3) is 0 Å². The summed E-state index contributed by atoms with van der Waals surface area (Å²) in [7, 11) is 0. The average Bonchev–Trinajstić information content (AvgIpc) is 2.09. The van der Waals surface area contributed by atoms with Gasteiger partial charge in [0.25, 0.3) is 5.97 Å². The second-order valence-corrected chi connectivity index (χ2v) is 3.43. The van der Waals surface area contributed by atoms with Crippen molar-refractivity contribution in [3.63, 3.8) is 0 Å². The summed E-state index contributed by atoms with van der Waals surface area (Å²) in [5.74, 6) is -0.833. The van der Waals surface area contributed by atoms with E-state index >= 15 is 0 Å². The van der Waals surface area contributed by atoms with Gasteiger partial charge in [-0.2, -0.15) is 0 Å². The Hall–Kier alpha value is -0.530. The lowest BCUT2D eigenvalue weighted by molar-refractivity contribution is -0.134. The molecule has 0 rings (SSSR count). The van der Waals surface area contributed by atoms with E-state index in [0.717, 1.165) is 6.92 Å². The fraction of sp³-hybridized carbons (Fsp3) is 0.917. The molecule has 0 aromatic rings. The van der Waals surface area contributed by atoms with E-state index in [-0.39, 0.29) is 0 Å². The van der Waals surface area contributed by atoms with Gasteiger partial charge in [0.05, 0.1) is 0 Å². The van der Waals surface area contributed by atoms with Crippen LogP contribution in [0, 0.1) is 5.41 Å². The SMILES string of the molecule is CC.CC.CC(=O)O.CCC(C)(C)C. The van der Waals surface area contributed by atoms with Crippen molar-refractivity contribution in [2.75, 3.05) is 0 Å². The first kappa shape index (κ1) is 23.4. The predicted molar refractivity (Wildman–Crippen MR) is 65.8 cm³/mol. The van der Waals surface area contributed by atoms with Crippen LogP contribution < -0.4 is 0 Å². The van der Waals surface area contributed by atoms with Gasteiger partial charge < -0.3 is 5.11 Å². The minimum Gasteiger partial charge on any atom is -0.481 e. The van der Waals surface area contributed by atoms with Gasteiger partial charge in [-0.15, -0.1) is 0 Å². The molecule has 0 aliphatic carbocycles. The largest absolute Gasteiger partial charge is 0.481 e. The first-order valence-corrected chi connectivity index (χ1v) is 5.49. The molecular formula is C12H30O2. The Bertz CT molecular complexity index is 87.0. The van der Waals surface area contributed by atoms with Crippen molar-refractivity contribution in [2.45, 2.75) is 68.7 Å². The fourth-order valence-corrected chi connectivity index (χ4v) is 0. The summed E-state index contributed by atoms with van der Waals surface area (Å²) >= 11 is 0. The fourth-order valence-electron chi connectivity index (χ4n) is 0. The van der Waals surface area contributed by atoms with Gasteiger partial charge in [0.2, 0.25) is 0 Å². The van der Waals surface area contributed by atoms with Gasteiger partial charge in [-0.05, 0) is 5.41 Å². The van der Waals surface area contributed by atoms with Crippen LogP contribution in [0.3, 0.4) is 0 Å². The summed E-state index contributed by atoms with van der Waals surface area (Å²) in [5, 5.41) is 7.42. The second-order valence-electron chi connectivity index (χ2n) is 3.43. The average molecular weight is 206 g/mol. The van der Waals surface area contributed by atoms with Gasteiger partial charge in [0.15, 0.2) is 0 Å². The smallest absolute Gasteiger partial charge is 0.300 e. The van der Waals surface area contributed by atoms with Crippen molar-refractivity contribution in [2.24, 2.45) is 5.41 Å². The Kier molecular flexibility index (Phi) is 30.5. The van der Waals surface area contributed by atoms with Crippen LogP contribution in [-0.2, 0) is 4.79 Å². The van der Waals surface area contributed by atoms with Crippen molar-refractivity contribution in [1.82, 2.24) is 0 Å². The van der Waals surface area contributed by atoms with Crippen LogP contribution in [0.4, 0.5) is 0 Å². The predicted octanol–water partition coefficient (Wildman–Crippen LogP) is 4.59. The van der Waals surface area contributed by atoms with E-state index in [1.54, 1.807) is 0 Å². The number of hydrogen-bond donors (Lipinski definition) is 1. The lowest BCUT2D eigenvalue weighted by Crippen LogP contribution is -2.00. The van der Waals surface area contributed by atoms with Gasteiger partial charge >= 0.3 is 0 Å². The van der Waals surface area contributed by atoms with Crippen molar-refractivity contribution in [3.05, 3.63) is 0 Å². The van der Waals surface area contributed by atoms with Gasteiger partial charge in [0, 0.05) is 6.92 Å². The van der Waals surface area contributed by atoms with E-state index < -0.39 is 5.97 Å². The molecule has 0 aromatic carbocycles. The molecule has 0 spiro atoms. The standard InChI is InChI=1S/C6H14.C2H4O2.2C2H6/c1-5-6(2,3)4;1-2(3)4;2*1-2/h5H2,1-4H3;1H3,(H,3,4);2*1-2H3. The third-order valence-corrected chi connectivity index (χ3v) is 1.06. The van der Waals surface area contributed by atoms with Gasteiger partial charge in [-0.3, -0.25) is 4.79 Å². The van der Waals surface area contributed by atoms with Gasteiger partial charge in [-0.1, -0.05) is 61.8 Å². The summed E-state index contributed by atoms with van der Waals surface area (Å²) in [6.07, 6.45) is 1.27. The topological polar surface area (TPSA) is 37.3 Å². The Labute approximate surface area is 90.7 Å². The molecule has 0 saturated carbocycles. The maximum atomic E-state index is 9.00. The van der Waals surface area contributed by atoms with E-state index in [1.807, 2.05) is 27.7 Å². The molecule has 1 N–H and O–H groups in total. The summed E-state index contributed by atoms with van der Waals surface area (Å²) in [5.41, 5.74) is 0.542. The number of aliphatic carboxylic acids is 1. The Morgan fingerprint density at radius 3 is 1.14 bits per heavy atom. The lowest BCUT2D eigenvalue weighted by atomic mass is 9.94. The molecule has 2 heteroatoms. The van der Waals surface area contributed by atoms with Gasteiger partial charge in [-0.25, -0.2) is 0 Å². The number of carboxylic acids is 1. The van der Waals surface area contributed by atoms with Crippen LogP contribution in [-0.4, -0.2) is 11.1 Å². The molecule has 90 valence electrons. The van der Waals surface area contributed by atoms with Crippen molar-refractivity contribution < 1.29 is 9.90 Å². The Balaban J connectivity index is -0.0000000546. The molecule has 0 aromatic heterocycles. The minimum atomic E-state index is -0.833. The zero-order valence-electron chi connectivity index (χ0n) is 11.6. The second kappa shape index (κ2) is 18.3. The highest BCUT2D eigenvalue weighted by Gasteiger charge is 2.03. The van der Waals surface area contributed by atoms with Crippen molar-refractivity contribution in [1.29, 1.82) is 0 Å². The normalized spacial score (nSPS) is 7.79. The molecule has 0 unspecified atom stereocenters. The monoisotopic (exact) mass is 206 g/mol. The maximum absolute atomic E-state index is 9.00. The zero-order chi connectivity index (χ0) is 12.8. The summed E-state index contributed by atoms with van der Waals surface area (Å²) in [6.45, 7) is 18.0.